The van der Waals surface area contributed by atoms with E-state index in [4.69, 9.17) is 5.73 Å². The van der Waals surface area contributed by atoms with Gasteiger partial charge < -0.3 is 15.9 Å². The van der Waals surface area contributed by atoms with Gasteiger partial charge in [0, 0.05) is 12.8 Å². The van der Waals surface area contributed by atoms with Crippen LogP contribution in [-0.4, -0.2) is 27.4 Å². The van der Waals surface area contributed by atoms with Crippen molar-refractivity contribution in [1.29, 1.82) is 0 Å². The Morgan fingerprint density at radius 1 is 1.27 bits per heavy atom. The number of carboxylic acids is 1. The summed E-state index contributed by atoms with van der Waals surface area (Å²) in [5, 5.41) is 18.1. The molecule has 4 N–H and O–H groups in total. The Morgan fingerprint density at radius 3 is 2.27 bits per heavy atom. The van der Waals surface area contributed by atoms with Crippen molar-refractivity contribution in [3.63, 3.8) is 0 Å². The normalized spacial score (nSPS) is 15.7. The molecule has 1 aromatic rings. The Hall–Kier alpha value is -2.04. The molecular formula is C19H27NO5P+. The maximum atomic E-state index is 11.6. The zero-order valence-corrected chi connectivity index (χ0v) is 16.4. The monoisotopic (exact) mass is 380 g/mol. The number of carbonyl (C=O) groups excluding carboxylic acids is 1. The number of aliphatic hydroxyl groups is 1. The number of carboxylic acid groups (broad SMARTS) is 1. The molecule has 0 heterocycles. The molecule has 0 spiro atoms. The largest absolute Gasteiger partial charge is 0.481 e. The van der Waals surface area contributed by atoms with Gasteiger partial charge in [-0.15, -0.1) is 0 Å². The first-order valence-electron chi connectivity index (χ1n) is 8.49. The molecule has 3 atom stereocenters. The second-order valence-corrected chi connectivity index (χ2v) is 7.98. The quantitative estimate of drug-likeness (QED) is 0.538. The van der Waals surface area contributed by atoms with Crippen LogP contribution < -0.4 is 5.73 Å². The van der Waals surface area contributed by atoms with Crippen LogP contribution in [0.3, 0.4) is 0 Å². The maximum Gasteiger partial charge on any atom is 0.360 e. The third-order valence-electron chi connectivity index (χ3n) is 4.30. The lowest BCUT2D eigenvalue weighted by molar-refractivity contribution is -0.147. The molecule has 0 aliphatic heterocycles. The number of hydrogen-bond acceptors (Lipinski definition) is 4. The molecule has 0 saturated heterocycles. The van der Waals surface area contributed by atoms with Crippen molar-refractivity contribution < 1.29 is 24.4 Å². The van der Waals surface area contributed by atoms with Gasteiger partial charge in [0.2, 0.25) is 5.91 Å². The molecule has 0 fully saturated rings. The third-order valence-corrected chi connectivity index (χ3v) is 5.17. The number of amides is 1. The Kier molecular flexibility index (Phi) is 8.12. The number of aliphatic carboxylic acids is 1. The maximum absolute atomic E-state index is 11.6. The molecule has 1 amide bonds. The van der Waals surface area contributed by atoms with Crippen LogP contribution in [-0.2, 0) is 14.2 Å². The highest BCUT2D eigenvalue weighted by atomic mass is 31.1. The van der Waals surface area contributed by atoms with Crippen LogP contribution >= 0.6 is 8.46 Å². The molecule has 0 aliphatic carbocycles. The Morgan fingerprint density at radius 2 is 1.85 bits per heavy atom. The average molecular weight is 380 g/mol. The van der Waals surface area contributed by atoms with Gasteiger partial charge in [0.1, 0.15) is 5.92 Å². The van der Waals surface area contributed by atoms with Crippen molar-refractivity contribution in [2.45, 2.75) is 51.3 Å². The first-order valence-corrected chi connectivity index (χ1v) is 9.39. The van der Waals surface area contributed by atoms with E-state index in [9.17, 15) is 24.4 Å². The summed E-state index contributed by atoms with van der Waals surface area (Å²) in [6.07, 6.45) is 1.40. The fourth-order valence-corrected chi connectivity index (χ4v) is 3.58. The number of benzene rings is 1. The van der Waals surface area contributed by atoms with Crippen LogP contribution in [0, 0.1) is 5.92 Å². The molecule has 1 aromatic carbocycles. The third kappa shape index (κ3) is 6.36. The number of nitrogens with two attached hydrogens (primary N) is 1. The lowest BCUT2D eigenvalue weighted by Gasteiger charge is -2.22. The molecule has 7 heteroatoms. The molecule has 0 saturated carbocycles. The minimum atomic E-state index is -1.94. The van der Waals surface area contributed by atoms with Gasteiger partial charge in [-0.05, 0) is 30.4 Å². The molecule has 0 bridgehead atoms. The minimum Gasteiger partial charge on any atom is -0.481 e. The number of rotatable bonds is 10. The molecule has 0 radical (unpaired) electrons. The summed E-state index contributed by atoms with van der Waals surface area (Å²) >= 11 is 0. The molecule has 26 heavy (non-hydrogen) atoms. The second kappa shape index (κ2) is 9.60. The van der Waals surface area contributed by atoms with Gasteiger partial charge >= 0.3 is 14.4 Å². The van der Waals surface area contributed by atoms with Crippen LogP contribution in [0.4, 0.5) is 0 Å². The van der Waals surface area contributed by atoms with E-state index in [1.807, 2.05) is 30.3 Å². The molecule has 142 valence electrons. The summed E-state index contributed by atoms with van der Waals surface area (Å²) in [5.41, 5.74) is 7.87. The van der Waals surface area contributed by atoms with Crippen molar-refractivity contribution in [3.05, 3.63) is 41.0 Å². The van der Waals surface area contributed by atoms with Crippen LogP contribution in [0.25, 0.3) is 6.08 Å². The fourth-order valence-electron chi connectivity index (χ4n) is 2.82. The van der Waals surface area contributed by atoms with E-state index in [2.05, 4.69) is 13.8 Å². The summed E-state index contributed by atoms with van der Waals surface area (Å²) in [7, 11) is -1.24. The van der Waals surface area contributed by atoms with Gasteiger partial charge in [-0.25, -0.2) is 0 Å². The summed E-state index contributed by atoms with van der Waals surface area (Å²) < 4.78 is 11.6. The first-order chi connectivity index (χ1) is 12.1. The zero-order chi connectivity index (χ0) is 19.9. The topological polar surface area (TPSA) is 118 Å². The van der Waals surface area contributed by atoms with Crippen LogP contribution in [0.15, 0.2) is 29.8 Å². The van der Waals surface area contributed by atoms with E-state index in [1.165, 1.54) is 5.56 Å². The molecule has 3 unspecified atom stereocenters. The predicted molar refractivity (Wildman–Crippen MR) is 102 cm³/mol. The molecule has 0 aliphatic rings. The van der Waals surface area contributed by atoms with Crippen molar-refractivity contribution >= 4 is 26.4 Å². The van der Waals surface area contributed by atoms with E-state index in [1.54, 1.807) is 6.92 Å². The zero-order valence-electron chi connectivity index (χ0n) is 15.4. The average Bonchev–Trinajstić information content (AvgIpc) is 2.54. The van der Waals surface area contributed by atoms with Crippen molar-refractivity contribution in [2.24, 2.45) is 11.7 Å². The minimum absolute atomic E-state index is 0.0728. The Balaban J connectivity index is 2.99. The van der Waals surface area contributed by atoms with Gasteiger partial charge in [0.15, 0.2) is 0 Å². The Bertz CT molecular complexity index is 684. The summed E-state index contributed by atoms with van der Waals surface area (Å²) in [5.74, 6) is -2.88. The lowest BCUT2D eigenvalue weighted by atomic mass is 9.90. The van der Waals surface area contributed by atoms with E-state index >= 15 is 0 Å². The van der Waals surface area contributed by atoms with E-state index in [-0.39, 0.29) is 19.3 Å². The van der Waals surface area contributed by atoms with Gasteiger partial charge in [-0.3, -0.25) is 9.59 Å². The van der Waals surface area contributed by atoms with Gasteiger partial charge in [-0.2, -0.15) is 0 Å². The smallest absolute Gasteiger partial charge is 0.360 e. The molecule has 0 aromatic heterocycles. The van der Waals surface area contributed by atoms with E-state index < -0.39 is 31.6 Å². The highest BCUT2D eigenvalue weighted by molar-refractivity contribution is 7.25. The van der Waals surface area contributed by atoms with Crippen LogP contribution in [0.2, 0.25) is 0 Å². The van der Waals surface area contributed by atoms with E-state index in [0.717, 1.165) is 5.56 Å². The SMILES string of the molecule is CC(=Cc1ccc(C(C)C)cc1)CC(O)([PH+]=O)C(CCC(N)=O)C(=O)O. The second-order valence-electron chi connectivity index (χ2n) is 6.91. The Labute approximate surface area is 155 Å². The van der Waals surface area contributed by atoms with Crippen LogP contribution in [0.5, 0.6) is 0 Å². The number of hydrogen-bond donors (Lipinski definition) is 3. The highest BCUT2D eigenvalue weighted by Gasteiger charge is 2.49. The summed E-state index contributed by atoms with van der Waals surface area (Å²) in [6, 6.07) is 7.91. The first kappa shape index (κ1) is 22.0. The molecule has 1 rings (SSSR count). The van der Waals surface area contributed by atoms with Gasteiger partial charge in [0.25, 0.3) is 5.34 Å². The standard InChI is InChI=1S/C19H26NO5P/c1-12(2)15-6-4-14(5-7-15)10-13(3)11-19(24,26-25)16(18(22)23)8-9-17(20)21/h4-7,10,12,16,24H,8-9,11H2,1-3H3,(H2,20,21)(H,22,23)/p+1. The highest BCUT2D eigenvalue weighted by Crippen LogP contribution is 2.38. The summed E-state index contributed by atoms with van der Waals surface area (Å²) in [4.78, 5) is 22.4. The summed E-state index contributed by atoms with van der Waals surface area (Å²) in [6.45, 7) is 5.95. The van der Waals surface area contributed by atoms with Gasteiger partial charge in [0.05, 0.1) is 0 Å². The fraction of sp³-hybridized carbons (Fsp3) is 0.474. The van der Waals surface area contributed by atoms with Gasteiger partial charge in [-0.1, -0.05) is 54.3 Å². The molecule has 6 nitrogen and oxygen atoms in total. The lowest BCUT2D eigenvalue weighted by Crippen LogP contribution is -2.38. The van der Waals surface area contributed by atoms with Crippen molar-refractivity contribution in [3.8, 4) is 0 Å². The number of carbonyl (C=O) groups is 2. The number of primary amides is 1. The van der Waals surface area contributed by atoms with Crippen molar-refractivity contribution in [1.82, 2.24) is 0 Å². The molecular weight excluding hydrogens is 353 g/mol. The van der Waals surface area contributed by atoms with E-state index in [0.29, 0.717) is 11.5 Å². The van der Waals surface area contributed by atoms with Crippen molar-refractivity contribution in [2.75, 3.05) is 0 Å². The predicted octanol–water partition coefficient (Wildman–Crippen LogP) is 3.28. The van der Waals surface area contributed by atoms with Crippen LogP contribution in [0.1, 0.15) is 57.1 Å².